The van der Waals surface area contributed by atoms with E-state index < -0.39 is 0 Å². The Morgan fingerprint density at radius 2 is 1.58 bits per heavy atom. The summed E-state index contributed by atoms with van der Waals surface area (Å²) in [7, 11) is 0. The fourth-order valence-corrected chi connectivity index (χ4v) is 2.70. The van der Waals surface area contributed by atoms with Gasteiger partial charge in [-0.3, -0.25) is 0 Å². The Morgan fingerprint density at radius 3 is 2.26 bits per heavy atom. The zero-order valence-corrected chi connectivity index (χ0v) is 11.0. The number of nitrogens with one attached hydrogen (secondary N) is 1. The van der Waals surface area contributed by atoms with E-state index in [1.165, 1.54) is 37.7 Å². The topological polar surface area (TPSA) is 37.8 Å². The SMILES string of the molecule is c1ccc(Nc2ncc(C3CCCCC3)cn2)cc1. The van der Waals surface area contributed by atoms with Gasteiger partial charge < -0.3 is 5.32 Å². The van der Waals surface area contributed by atoms with E-state index in [0.717, 1.165) is 5.69 Å². The van der Waals surface area contributed by atoms with Crippen molar-refractivity contribution >= 4 is 11.6 Å². The van der Waals surface area contributed by atoms with E-state index >= 15 is 0 Å². The number of anilines is 2. The van der Waals surface area contributed by atoms with Crippen LogP contribution in [0.2, 0.25) is 0 Å². The zero-order valence-electron chi connectivity index (χ0n) is 11.0. The van der Waals surface area contributed by atoms with Crippen molar-refractivity contribution in [2.45, 2.75) is 38.0 Å². The molecule has 2 aromatic rings. The van der Waals surface area contributed by atoms with Crippen LogP contribution in [0.5, 0.6) is 0 Å². The van der Waals surface area contributed by atoms with Crippen molar-refractivity contribution in [2.75, 3.05) is 5.32 Å². The van der Waals surface area contributed by atoms with Gasteiger partial charge in [-0.1, -0.05) is 37.5 Å². The minimum atomic E-state index is 0.666. The van der Waals surface area contributed by atoms with Crippen LogP contribution >= 0.6 is 0 Å². The van der Waals surface area contributed by atoms with Gasteiger partial charge in [0.25, 0.3) is 0 Å². The number of hydrogen-bond donors (Lipinski definition) is 1. The molecule has 0 aliphatic heterocycles. The number of nitrogens with zero attached hydrogens (tertiary/aromatic N) is 2. The second-order valence-electron chi connectivity index (χ2n) is 5.17. The van der Waals surface area contributed by atoms with E-state index in [0.29, 0.717) is 11.9 Å². The molecule has 98 valence electrons. The molecule has 3 nitrogen and oxygen atoms in total. The number of hydrogen-bond acceptors (Lipinski definition) is 3. The van der Waals surface area contributed by atoms with E-state index in [9.17, 15) is 0 Å². The molecule has 0 amide bonds. The molecule has 0 unspecified atom stereocenters. The lowest BCUT2D eigenvalue weighted by atomic mass is 9.85. The lowest BCUT2D eigenvalue weighted by Crippen LogP contribution is -2.06. The summed E-state index contributed by atoms with van der Waals surface area (Å²) in [6.07, 6.45) is 10.6. The van der Waals surface area contributed by atoms with Crippen molar-refractivity contribution in [1.29, 1.82) is 0 Å². The average molecular weight is 253 g/mol. The van der Waals surface area contributed by atoms with Crippen LogP contribution in [0.3, 0.4) is 0 Å². The molecule has 1 aromatic carbocycles. The Balaban J connectivity index is 1.68. The first-order valence-corrected chi connectivity index (χ1v) is 7.06. The summed E-state index contributed by atoms with van der Waals surface area (Å²) in [6, 6.07) is 10.0. The first-order valence-electron chi connectivity index (χ1n) is 7.06. The fourth-order valence-electron chi connectivity index (χ4n) is 2.70. The Hall–Kier alpha value is -1.90. The highest BCUT2D eigenvalue weighted by atomic mass is 15.1. The van der Waals surface area contributed by atoms with Gasteiger partial charge in [0.05, 0.1) is 0 Å². The highest BCUT2D eigenvalue weighted by molar-refractivity contribution is 5.52. The van der Waals surface area contributed by atoms with Crippen LogP contribution in [0.25, 0.3) is 0 Å². The van der Waals surface area contributed by atoms with Crippen LogP contribution in [-0.2, 0) is 0 Å². The molecule has 0 saturated heterocycles. The number of aromatic nitrogens is 2. The monoisotopic (exact) mass is 253 g/mol. The number of rotatable bonds is 3. The molecule has 0 spiro atoms. The van der Waals surface area contributed by atoms with Crippen molar-refractivity contribution in [3.63, 3.8) is 0 Å². The molecule has 1 aliphatic carbocycles. The van der Waals surface area contributed by atoms with Gasteiger partial charge in [0.2, 0.25) is 5.95 Å². The van der Waals surface area contributed by atoms with E-state index in [4.69, 9.17) is 0 Å². The molecule has 0 bridgehead atoms. The molecule has 1 saturated carbocycles. The molecular weight excluding hydrogens is 234 g/mol. The molecule has 19 heavy (non-hydrogen) atoms. The largest absolute Gasteiger partial charge is 0.324 e. The number of para-hydroxylation sites is 1. The van der Waals surface area contributed by atoms with Crippen LogP contribution in [0, 0.1) is 0 Å². The summed E-state index contributed by atoms with van der Waals surface area (Å²) in [5.74, 6) is 1.34. The van der Waals surface area contributed by atoms with Crippen LogP contribution in [0.15, 0.2) is 42.7 Å². The van der Waals surface area contributed by atoms with Crippen LogP contribution < -0.4 is 5.32 Å². The summed E-state index contributed by atoms with van der Waals surface area (Å²) < 4.78 is 0. The normalized spacial score (nSPS) is 16.2. The summed E-state index contributed by atoms with van der Waals surface area (Å²) in [5.41, 5.74) is 2.31. The molecule has 3 rings (SSSR count). The fraction of sp³-hybridized carbons (Fsp3) is 0.375. The van der Waals surface area contributed by atoms with E-state index in [1.54, 1.807) is 0 Å². The summed E-state index contributed by atoms with van der Waals surface area (Å²) in [4.78, 5) is 8.85. The Kier molecular flexibility index (Phi) is 3.73. The number of benzene rings is 1. The minimum absolute atomic E-state index is 0.666. The first-order chi connectivity index (χ1) is 9.42. The third kappa shape index (κ3) is 3.11. The van der Waals surface area contributed by atoms with Crippen molar-refractivity contribution in [3.05, 3.63) is 48.3 Å². The molecule has 1 heterocycles. The Morgan fingerprint density at radius 1 is 0.895 bits per heavy atom. The third-order valence-corrected chi connectivity index (χ3v) is 3.78. The van der Waals surface area contributed by atoms with Gasteiger partial charge >= 0.3 is 0 Å². The standard InChI is InChI=1S/C16H19N3/c1-3-7-13(8-4-1)14-11-17-16(18-12-14)19-15-9-5-2-6-10-15/h2,5-6,9-13H,1,3-4,7-8H2,(H,17,18,19). The van der Waals surface area contributed by atoms with Crippen molar-refractivity contribution in [2.24, 2.45) is 0 Å². The lowest BCUT2D eigenvalue weighted by Gasteiger charge is -2.21. The molecule has 1 N–H and O–H groups in total. The van der Waals surface area contributed by atoms with Gasteiger partial charge in [0.1, 0.15) is 0 Å². The summed E-state index contributed by atoms with van der Waals surface area (Å²) in [6.45, 7) is 0. The second-order valence-corrected chi connectivity index (χ2v) is 5.17. The smallest absolute Gasteiger partial charge is 0.227 e. The van der Waals surface area contributed by atoms with Crippen molar-refractivity contribution < 1.29 is 0 Å². The van der Waals surface area contributed by atoms with E-state index in [1.807, 2.05) is 42.7 Å². The summed E-state index contributed by atoms with van der Waals surface area (Å²) in [5, 5.41) is 3.21. The molecule has 0 atom stereocenters. The maximum absolute atomic E-state index is 4.43. The van der Waals surface area contributed by atoms with Crippen molar-refractivity contribution in [3.8, 4) is 0 Å². The maximum atomic E-state index is 4.43. The third-order valence-electron chi connectivity index (χ3n) is 3.78. The first kappa shape index (κ1) is 12.2. The predicted molar refractivity (Wildman–Crippen MR) is 77.6 cm³/mol. The average Bonchev–Trinajstić information content (AvgIpc) is 2.50. The highest BCUT2D eigenvalue weighted by Crippen LogP contribution is 2.32. The zero-order chi connectivity index (χ0) is 12.9. The van der Waals surface area contributed by atoms with Crippen LogP contribution in [-0.4, -0.2) is 9.97 Å². The molecular formula is C16H19N3. The molecule has 1 fully saturated rings. The highest BCUT2D eigenvalue weighted by Gasteiger charge is 2.16. The van der Waals surface area contributed by atoms with Crippen LogP contribution in [0.1, 0.15) is 43.6 Å². The lowest BCUT2D eigenvalue weighted by molar-refractivity contribution is 0.442. The minimum Gasteiger partial charge on any atom is -0.324 e. The Bertz CT molecular complexity index is 501. The van der Waals surface area contributed by atoms with Crippen molar-refractivity contribution in [1.82, 2.24) is 9.97 Å². The van der Waals surface area contributed by atoms with E-state index in [2.05, 4.69) is 15.3 Å². The van der Waals surface area contributed by atoms with Gasteiger partial charge in [-0.05, 0) is 36.5 Å². The van der Waals surface area contributed by atoms with Gasteiger partial charge in [-0.2, -0.15) is 0 Å². The molecule has 3 heteroatoms. The Labute approximate surface area is 114 Å². The van der Waals surface area contributed by atoms with Crippen LogP contribution in [0.4, 0.5) is 11.6 Å². The maximum Gasteiger partial charge on any atom is 0.227 e. The summed E-state index contributed by atoms with van der Waals surface area (Å²) >= 11 is 0. The predicted octanol–water partition coefficient (Wildman–Crippen LogP) is 4.27. The molecule has 0 radical (unpaired) electrons. The van der Waals surface area contributed by atoms with Gasteiger partial charge in [0, 0.05) is 18.1 Å². The van der Waals surface area contributed by atoms with Gasteiger partial charge in [-0.15, -0.1) is 0 Å². The van der Waals surface area contributed by atoms with E-state index in [-0.39, 0.29) is 0 Å². The quantitative estimate of drug-likeness (QED) is 0.887. The second kappa shape index (κ2) is 5.83. The van der Waals surface area contributed by atoms with Gasteiger partial charge in [0.15, 0.2) is 0 Å². The molecule has 1 aromatic heterocycles. The van der Waals surface area contributed by atoms with Gasteiger partial charge in [-0.25, -0.2) is 9.97 Å². The molecule has 1 aliphatic rings.